The Morgan fingerprint density at radius 1 is 1.42 bits per heavy atom. The lowest BCUT2D eigenvalue weighted by Gasteiger charge is -2.28. The van der Waals surface area contributed by atoms with Crippen LogP contribution in [0.4, 0.5) is 4.39 Å². The Morgan fingerprint density at radius 2 is 2.25 bits per heavy atom. The number of rotatable bonds is 5. The molecule has 0 amide bonds. The van der Waals surface area contributed by atoms with Gasteiger partial charge in [-0.2, -0.15) is 0 Å². The van der Waals surface area contributed by atoms with Crippen LogP contribution < -0.4 is 10.3 Å². The van der Waals surface area contributed by atoms with Gasteiger partial charge in [-0.25, -0.2) is 9.37 Å². The summed E-state index contributed by atoms with van der Waals surface area (Å²) < 4.78 is 19.2. The molecule has 0 spiro atoms. The average molecular weight is 331 g/mol. The normalized spacial score (nSPS) is 14.5. The number of hydrogen-bond donors (Lipinski definition) is 1. The van der Waals surface area contributed by atoms with Crippen LogP contribution in [0, 0.1) is 5.82 Å². The second-order valence-corrected chi connectivity index (χ2v) is 6.11. The minimum atomic E-state index is -0.273. The van der Waals surface area contributed by atoms with E-state index in [4.69, 9.17) is 4.74 Å². The molecule has 128 valence electrons. The van der Waals surface area contributed by atoms with Crippen LogP contribution in [0.3, 0.4) is 0 Å². The second kappa shape index (κ2) is 7.13. The summed E-state index contributed by atoms with van der Waals surface area (Å²) in [6, 6.07) is 4.91. The molecule has 1 aromatic carbocycles. The molecule has 3 rings (SSSR count). The number of hydrogen-bond acceptors (Lipinski definition) is 4. The Balaban J connectivity index is 1.78. The van der Waals surface area contributed by atoms with Crippen molar-refractivity contribution in [1.29, 1.82) is 0 Å². The summed E-state index contributed by atoms with van der Waals surface area (Å²) in [5.41, 5.74) is 2.18. The van der Waals surface area contributed by atoms with E-state index in [1.807, 2.05) is 0 Å². The molecule has 2 aromatic rings. The number of aromatic amines is 1. The summed E-state index contributed by atoms with van der Waals surface area (Å²) >= 11 is 0. The Kier molecular flexibility index (Phi) is 4.94. The third-order valence-electron chi connectivity index (χ3n) is 4.34. The van der Waals surface area contributed by atoms with Gasteiger partial charge in [-0.05, 0) is 18.9 Å². The van der Waals surface area contributed by atoms with Crippen molar-refractivity contribution in [2.24, 2.45) is 0 Å². The lowest BCUT2D eigenvalue weighted by atomic mass is 10.1. The number of nitrogens with one attached hydrogen (secondary N) is 1. The SMILES string of the molecule is CCCc1nc2c(c(=O)[nH]1)CCN(Cc1ccc(OC)cc1F)C2. The van der Waals surface area contributed by atoms with Gasteiger partial charge in [0.15, 0.2) is 0 Å². The molecular weight excluding hydrogens is 309 g/mol. The zero-order valence-corrected chi connectivity index (χ0v) is 14.1. The van der Waals surface area contributed by atoms with Gasteiger partial charge in [0.25, 0.3) is 5.56 Å². The largest absolute Gasteiger partial charge is 0.497 e. The first-order valence-corrected chi connectivity index (χ1v) is 8.26. The number of aryl methyl sites for hydroxylation is 1. The molecule has 2 heterocycles. The fraction of sp³-hybridized carbons (Fsp3) is 0.444. The van der Waals surface area contributed by atoms with E-state index >= 15 is 0 Å². The monoisotopic (exact) mass is 331 g/mol. The van der Waals surface area contributed by atoms with Crippen molar-refractivity contribution in [3.63, 3.8) is 0 Å². The first kappa shape index (κ1) is 16.6. The molecule has 1 N–H and O–H groups in total. The molecule has 0 bridgehead atoms. The van der Waals surface area contributed by atoms with E-state index in [-0.39, 0.29) is 11.4 Å². The summed E-state index contributed by atoms with van der Waals surface area (Å²) in [4.78, 5) is 21.7. The molecule has 0 saturated heterocycles. The fourth-order valence-electron chi connectivity index (χ4n) is 3.06. The van der Waals surface area contributed by atoms with Gasteiger partial charge in [0, 0.05) is 43.2 Å². The molecule has 0 fully saturated rings. The van der Waals surface area contributed by atoms with Crippen LogP contribution in [-0.4, -0.2) is 28.5 Å². The lowest BCUT2D eigenvalue weighted by Crippen LogP contribution is -2.35. The van der Waals surface area contributed by atoms with Crippen LogP contribution in [0.25, 0.3) is 0 Å². The van der Waals surface area contributed by atoms with Crippen molar-refractivity contribution >= 4 is 0 Å². The third-order valence-corrected chi connectivity index (χ3v) is 4.34. The van der Waals surface area contributed by atoms with E-state index in [1.165, 1.54) is 13.2 Å². The summed E-state index contributed by atoms with van der Waals surface area (Å²) in [5, 5.41) is 0. The number of methoxy groups -OCH3 is 1. The van der Waals surface area contributed by atoms with Crippen molar-refractivity contribution in [3.05, 3.63) is 57.0 Å². The maximum Gasteiger partial charge on any atom is 0.254 e. The highest BCUT2D eigenvalue weighted by atomic mass is 19.1. The smallest absolute Gasteiger partial charge is 0.254 e. The van der Waals surface area contributed by atoms with E-state index in [9.17, 15) is 9.18 Å². The third kappa shape index (κ3) is 3.48. The van der Waals surface area contributed by atoms with Crippen LogP contribution in [0.2, 0.25) is 0 Å². The Labute approximate surface area is 140 Å². The minimum Gasteiger partial charge on any atom is -0.497 e. The van der Waals surface area contributed by atoms with E-state index in [0.29, 0.717) is 30.8 Å². The lowest BCUT2D eigenvalue weighted by molar-refractivity contribution is 0.236. The molecule has 0 saturated carbocycles. The van der Waals surface area contributed by atoms with E-state index in [2.05, 4.69) is 21.8 Å². The van der Waals surface area contributed by atoms with Crippen molar-refractivity contribution in [2.45, 2.75) is 39.3 Å². The van der Waals surface area contributed by atoms with Gasteiger partial charge in [0.1, 0.15) is 17.4 Å². The van der Waals surface area contributed by atoms with Crippen LogP contribution in [0.1, 0.15) is 36.0 Å². The first-order valence-electron chi connectivity index (χ1n) is 8.26. The number of fused-ring (bicyclic) bond motifs is 1. The number of halogens is 1. The van der Waals surface area contributed by atoms with Crippen molar-refractivity contribution in [1.82, 2.24) is 14.9 Å². The molecular formula is C18H22FN3O2. The molecule has 0 unspecified atom stereocenters. The molecule has 6 heteroatoms. The highest BCUT2D eigenvalue weighted by Crippen LogP contribution is 2.21. The van der Waals surface area contributed by atoms with Gasteiger partial charge in [-0.15, -0.1) is 0 Å². The van der Waals surface area contributed by atoms with E-state index < -0.39 is 0 Å². The van der Waals surface area contributed by atoms with Crippen LogP contribution in [0.15, 0.2) is 23.0 Å². The highest BCUT2D eigenvalue weighted by molar-refractivity contribution is 5.29. The standard InChI is InChI=1S/C18H22FN3O2/c1-3-4-17-20-16-11-22(8-7-14(16)18(23)21-17)10-12-5-6-13(24-2)9-15(12)19/h5-6,9H,3-4,7-8,10-11H2,1-2H3,(H,20,21,23). The molecule has 0 radical (unpaired) electrons. The Hall–Kier alpha value is -2.21. The van der Waals surface area contributed by atoms with E-state index in [1.54, 1.807) is 12.1 Å². The molecule has 24 heavy (non-hydrogen) atoms. The quantitative estimate of drug-likeness (QED) is 0.914. The number of ether oxygens (including phenoxy) is 1. The predicted octanol–water partition coefficient (Wildman–Crippen LogP) is 2.43. The predicted molar refractivity (Wildman–Crippen MR) is 89.6 cm³/mol. The molecule has 5 nitrogen and oxygen atoms in total. The maximum atomic E-state index is 14.1. The maximum absolute atomic E-state index is 14.1. The van der Waals surface area contributed by atoms with Gasteiger partial charge < -0.3 is 9.72 Å². The second-order valence-electron chi connectivity index (χ2n) is 6.11. The Bertz CT molecular complexity index is 788. The molecule has 0 aliphatic carbocycles. The van der Waals surface area contributed by atoms with Crippen LogP contribution >= 0.6 is 0 Å². The Morgan fingerprint density at radius 3 is 2.96 bits per heavy atom. The first-order chi connectivity index (χ1) is 11.6. The fourth-order valence-corrected chi connectivity index (χ4v) is 3.06. The van der Waals surface area contributed by atoms with Crippen LogP contribution in [0.5, 0.6) is 5.75 Å². The molecule has 1 aliphatic heterocycles. The van der Waals surface area contributed by atoms with Crippen molar-refractivity contribution in [3.8, 4) is 5.75 Å². The zero-order chi connectivity index (χ0) is 17.1. The number of H-pyrrole nitrogens is 1. The van der Waals surface area contributed by atoms with Gasteiger partial charge in [0.05, 0.1) is 12.8 Å². The summed E-state index contributed by atoms with van der Waals surface area (Å²) in [6.07, 6.45) is 2.33. The topological polar surface area (TPSA) is 58.2 Å². The van der Waals surface area contributed by atoms with Gasteiger partial charge in [-0.3, -0.25) is 9.69 Å². The molecule has 1 aromatic heterocycles. The van der Waals surface area contributed by atoms with Gasteiger partial charge >= 0.3 is 0 Å². The van der Waals surface area contributed by atoms with Crippen molar-refractivity contribution in [2.75, 3.05) is 13.7 Å². The van der Waals surface area contributed by atoms with Crippen molar-refractivity contribution < 1.29 is 9.13 Å². The molecule has 0 atom stereocenters. The van der Waals surface area contributed by atoms with Gasteiger partial charge in [-0.1, -0.05) is 13.0 Å². The highest BCUT2D eigenvalue weighted by Gasteiger charge is 2.21. The minimum absolute atomic E-state index is 0.0290. The summed E-state index contributed by atoms with van der Waals surface area (Å²) in [6.45, 7) is 3.84. The number of benzene rings is 1. The molecule has 1 aliphatic rings. The van der Waals surface area contributed by atoms with Crippen LogP contribution in [-0.2, 0) is 25.9 Å². The van der Waals surface area contributed by atoms with Gasteiger partial charge in [0.2, 0.25) is 0 Å². The summed E-state index contributed by atoms with van der Waals surface area (Å²) in [5.74, 6) is 0.974. The zero-order valence-electron chi connectivity index (χ0n) is 14.1. The van der Waals surface area contributed by atoms with E-state index in [0.717, 1.165) is 36.5 Å². The summed E-state index contributed by atoms with van der Waals surface area (Å²) in [7, 11) is 1.52. The average Bonchev–Trinajstić information content (AvgIpc) is 2.56. The number of nitrogens with zero attached hydrogens (tertiary/aromatic N) is 2. The number of aromatic nitrogens is 2.